The number of thiophene rings is 1. The number of benzene rings is 1. The Bertz CT molecular complexity index is 952. The van der Waals surface area contributed by atoms with Crippen LogP contribution in [0.25, 0.3) is 0 Å². The van der Waals surface area contributed by atoms with Gasteiger partial charge in [-0.2, -0.15) is 0 Å². The fraction of sp³-hybridized carbons (Fsp3) is 0.409. The van der Waals surface area contributed by atoms with Gasteiger partial charge in [0, 0.05) is 6.42 Å². The first-order valence-corrected chi connectivity index (χ1v) is 10.8. The molecule has 166 valence electrons. The monoisotopic (exact) mass is 445 g/mol. The number of aliphatic hydroxyl groups excluding tert-OH is 1. The molecule has 0 radical (unpaired) electrons. The van der Waals surface area contributed by atoms with Crippen LogP contribution in [0.4, 0.5) is 4.79 Å². The highest BCUT2D eigenvalue weighted by atomic mass is 32.1. The lowest BCUT2D eigenvalue weighted by Crippen LogP contribution is -2.51. The molecule has 0 fully saturated rings. The molecule has 2 amide bonds. The zero-order valence-electron chi connectivity index (χ0n) is 17.9. The van der Waals surface area contributed by atoms with Crippen LogP contribution in [-0.4, -0.2) is 47.7 Å². The standard InChI is InChI=1S/C22H27N3O5S/c1-22(2,3)30-21(28)23-15(12-13-8-6-5-7-9-13)20(27)24-16-14-10-11-31-19(14)17(18(16)26)25-29-4/h5-11,15-16,18,26H,12H2,1-4H3,(H,23,28)(H,24,27)/t15?,16-,18-/m0/s1. The largest absolute Gasteiger partial charge is 0.444 e. The van der Waals surface area contributed by atoms with Crippen molar-refractivity contribution < 1.29 is 24.3 Å². The summed E-state index contributed by atoms with van der Waals surface area (Å²) in [6, 6.07) is 9.61. The fourth-order valence-corrected chi connectivity index (χ4v) is 4.31. The van der Waals surface area contributed by atoms with Gasteiger partial charge in [-0.3, -0.25) is 4.79 Å². The molecule has 1 unspecified atom stereocenters. The summed E-state index contributed by atoms with van der Waals surface area (Å²) in [6.07, 6.45) is -1.47. The first-order chi connectivity index (χ1) is 14.7. The van der Waals surface area contributed by atoms with Gasteiger partial charge >= 0.3 is 6.09 Å². The molecule has 0 saturated carbocycles. The predicted octanol–water partition coefficient (Wildman–Crippen LogP) is 2.77. The number of aliphatic hydroxyl groups is 1. The van der Waals surface area contributed by atoms with Crippen LogP contribution in [0.15, 0.2) is 46.9 Å². The van der Waals surface area contributed by atoms with Gasteiger partial charge < -0.3 is 25.3 Å². The number of nitrogens with zero attached hydrogens (tertiary/aromatic N) is 1. The van der Waals surface area contributed by atoms with Crippen molar-refractivity contribution in [1.82, 2.24) is 10.6 Å². The number of rotatable bonds is 6. The minimum Gasteiger partial charge on any atom is -0.444 e. The number of carbonyl (C=O) groups is 2. The number of nitrogens with one attached hydrogen (secondary N) is 2. The quantitative estimate of drug-likeness (QED) is 0.593. The van der Waals surface area contributed by atoms with Crippen molar-refractivity contribution in [1.29, 1.82) is 0 Å². The summed E-state index contributed by atoms with van der Waals surface area (Å²) in [5.74, 6) is -0.436. The second-order valence-electron chi connectivity index (χ2n) is 8.18. The van der Waals surface area contributed by atoms with Crippen molar-refractivity contribution in [2.75, 3.05) is 7.11 Å². The van der Waals surface area contributed by atoms with Crippen molar-refractivity contribution >= 4 is 29.0 Å². The van der Waals surface area contributed by atoms with Crippen LogP contribution in [0.5, 0.6) is 0 Å². The van der Waals surface area contributed by atoms with Crippen molar-refractivity contribution in [2.24, 2.45) is 5.16 Å². The van der Waals surface area contributed by atoms with Gasteiger partial charge in [-0.05, 0) is 43.3 Å². The Morgan fingerprint density at radius 2 is 1.94 bits per heavy atom. The summed E-state index contributed by atoms with van der Waals surface area (Å²) >= 11 is 1.41. The van der Waals surface area contributed by atoms with E-state index in [-0.39, 0.29) is 6.42 Å². The molecule has 0 aliphatic heterocycles. The van der Waals surface area contributed by atoms with Gasteiger partial charge in [-0.15, -0.1) is 11.3 Å². The second-order valence-corrected chi connectivity index (χ2v) is 9.10. The summed E-state index contributed by atoms with van der Waals surface area (Å²) < 4.78 is 5.33. The molecule has 31 heavy (non-hydrogen) atoms. The zero-order valence-corrected chi connectivity index (χ0v) is 18.7. The van der Waals surface area contributed by atoms with Gasteiger partial charge in [-0.25, -0.2) is 4.79 Å². The number of hydrogen-bond donors (Lipinski definition) is 3. The smallest absolute Gasteiger partial charge is 0.408 e. The van der Waals surface area contributed by atoms with Crippen molar-refractivity contribution in [3.05, 3.63) is 57.8 Å². The zero-order chi connectivity index (χ0) is 22.6. The number of fused-ring (bicyclic) bond motifs is 1. The molecule has 0 spiro atoms. The number of oxime groups is 1. The number of alkyl carbamates (subject to hydrolysis) is 1. The molecule has 3 rings (SSSR count). The van der Waals surface area contributed by atoms with E-state index >= 15 is 0 Å². The molecule has 9 heteroatoms. The summed E-state index contributed by atoms with van der Waals surface area (Å²) in [4.78, 5) is 31.2. The van der Waals surface area contributed by atoms with Gasteiger partial charge in [0.1, 0.15) is 30.6 Å². The Labute approximate surface area is 185 Å². The van der Waals surface area contributed by atoms with E-state index in [4.69, 9.17) is 9.57 Å². The molecule has 0 saturated heterocycles. The number of amides is 2. The molecule has 1 aliphatic rings. The van der Waals surface area contributed by atoms with E-state index in [9.17, 15) is 14.7 Å². The number of hydrogen-bond acceptors (Lipinski definition) is 7. The number of ether oxygens (including phenoxy) is 1. The van der Waals surface area contributed by atoms with Crippen molar-refractivity contribution in [3.8, 4) is 0 Å². The second kappa shape index (κ2) is 9.49. The third-order valence-corrected chi connectivity index (χ3v) is 5.59. The van der Waals surface area contributed by atoms with Crippen molar-refractivity contribution in [3.63, 3.8) is 0 Å². The van der Waals surface area contributed by atoms with Gasteiger partial charge in [0.2, 0.25) is 5.91 Å². The predicted molar refractivity (Wildman–Crippen MR) is 118 cm³/mol. The normalized spacial score (nSPS) is 20.1. The number of carbonyl (C=O) groups excluding carboxylic acids is 2. The fourth-order valence-electron chi connectivity index (χ4n) is 3.35. The molecule has 1 aromatic heterocycles. The third-order valence-electron chi connectivity index (χ3n) is 4.64. The van der Waals surface area contributed by atoms with Crippen LogP contribution < -0.4 is 10.6 Å². The molecule has 1 aromatic carbocycles. The minimum atomic E-state index is -1.05. The highest BCUT2D eigenvalue weighted by Crippen LogP contribution is 2.36. The SMILES string of the molecule is CON=C1c2sccc2[C@H](NC(=O)C(Cc2ccccc2)NC(=O)OC(C)(C)C)[C@@H]1O. The molecule has 3 N–H and O–H groups in total. The van der Waals surface area contributed by atoms with Crippen LogP contribution in [0.2, 0.25) is 0 Å². The highest BCUT2D eigenvalue weighted by molar-refractivity contribution is 7.12. The van der Waals surface area contributed by atoms with E-state index in [1.165, 1.54) is 18.4 Å². The Balaban J connectivity index is 1.79. The lowest BCUT2D eigenvalue weighted by Gasteiger charge is -2.25. The highest BCUT2D eigenvalue weighted by Gasteiger charge is 2.40. The van der Waals surface area contributed by atoms with Crippen LogP contribution >= 0.6 is 11.3 Å². The van der Waals surface area contributed by atoms with E-state index in [1.54, 1.807) is 20.8 Å². The van der Waals surface area contributed by atoms with Crippen LogP contribution in [0.1, 0.15) is 42.8 Å². The molecular weight excluding hydrogens is 418 g/mol. The maximum absolute atomic E-state index is 13.2. The molecule has 8 nitrogen and oxygen atoms in total. The average Bonchev–Trinajstić information content (AvgIpc) is 3.25. The summed E-state index contributed by atoms with van der Waals surface area (Å²) in [7, 11) is 1.40. The summed E-state index contributed by atoms with van der Waals surface area (Å²) in [5, 5.41) is 22.0. The van der Waals surface area contributed by atoms with Gasteiger partial charge in [0.05, 0.1) is 10.9 Å². The lowest BCUT2D eigenvalue weighted by molar-refractivity contribution is -0.124. The molecular formula is C22H27N3O5S. The molecule has 2 aromatic rings. The Morgan fingerprint density at radius 3 is 2.58 bits per heavy atom. The first kappa shape index (κ1) is 22.8. The molecule has 1 heterocycles. The third kappa shape index (κ3) is 5.62. The maximum atomic E-state index is 13.2. The molecule has 3 atom stereocenters. The maximum Gasteiger partial charge on any atom is 0.408 e. The van der Waals surface area contributed by atoms with E-state index in [0.29, 0.717) is 5.71 Å². The van der Waals surface area contributed by atoms with E-state index in [1.807, 2.05) is 41.8 Å². The summed E-state index contributed by atoms with van der Waals surface area (Å²) in [5.41, 5.74) is 1.31. The average molecular weight is 446 g/mol. The van der Waals surface area contributed by atoms with Gasteiger partial charge in [0.25, 0.3) is 0 Å². The minimum absolute atomic E-state index is 0.268. The molecule has 1 aliphatic carbocycles. The van der Waals surface area contributed by atoms with Gasteiger partial charge in [0.15, 0.2) is 0 Å². The Hall–Kier alpha value is -2.91. The Kier molecular flexibility index (Phi) is 6.97. The van der Waals surface area contributed by atoms with Crippen molar-refractivity contribution in [2.45, 2.75) is 51.0 Å². The van der Waals surface area contributed by atoms with Gasteiger partial charge in [-0.1, -0.05) is 35.5 Å². The van der Waals surface area contributed by atoms with Crippen LogP contribution in [0.3, 0.4) is 0 Å². The van der Waals surface area contributed by atoms with Crippen LogP contribution in [-0.2, 0) is 20.8 Å². The lowest BCUT2D eigenvalue weighted by atomic mass is 10.0. The summed E-state index contributed by atoms with van der Waals surface area (Å²) in [6.45, 7) is 5.26. The topological polar surface area (TPSA) is 109 Å². The van der Waals surface area contributed by atoms with E-state index in [0.717, 1.165) is 16.0 Å². The molecule has 0 bridgehead atoms. The van der Waals surface area contributed by atoms with E-state index in [2.05, 4.69) is 15.8 Å². The van der Waals surface area contributed by atoms with Crippen LogP contribution in [0, 0.1) is 0 Å². The van der Waals surface area contributed by atoms with E-state index < -0.39 is 35.8 Å². The first-order valence-electron chi connectivity index (χ1n) is 9.90. The Morgan fingerprint density at radius 1 is 1.23 bits per heavy atom.